The van der Waals surface area contributed by atoms with Crippen LogP contribution < -0.4 is 5.43 Å². The van der Waals surface area contributed by atoms with Gasteiger partial charge in [-0.15, -0.1) is 0 Å². The largest absolute Gasteiger partial charge is 0.271 e. The molecule has 0 saturated carbocycles. The van der Waals surface area contributed by atoms with Crippen molar-refractivity contribution >= 4 is 12.1 Å². The SMILES string of the molecule is Cc1ccc(C(=O)N/N=C/c2c(C)nn(-c3ccccc3)c2C)cc1. The monoisotopic (exact) mass is 332 g/mol. The summed E-state index contributed by atoms with van der Waals surface area (Å²) < 4.78 is 1.87. The van der Waals surface area contributed by atoms with E-state index >= 15 is 0 Å². The molecule has 126 valence electrons. The Morgan fingerprint density at radius 3 is 2.40 bits per heavy atom. The van der Waals surface area contributed by atoms with Gasteiger partial charge in [-0.05, 0) is 45.0 Å². The van der Waals surface area contributed by atoms with Gasteiger partial charge in [0.05, 0.1) is 23.3 Å². The first kappa shape index (κ1) is 16.6. The molecule has 1 N–H and O–H groups in total. The zero-order chi connectivity index (χ0) is 17.8. The second kappa shape index (κ2) is 7.13. The molecule has 0 fully saturated rings. The molecular formula is C20H20N4O. The van der Waals surface area contributed by atoms with Crippen molar-refractivity contribution in [3.8, 4) is 5.69 Å². The van der Waals surface area contributed by atoms with Crippen molar-refractivity contribution in [2.24, 2.45) is 5.10 Å². The number of amides is 1. The molecule has 0 aliphatic rings. The van der Waals surface area contributed by atoms with E-state index in [1.54, 1.807) is 18.3 Å². The van der Waals surface area contributed by atoms with Crippen LogP contribution in [-0.4, -0.2) is 21.9 Å². The van der Waals surface area contributed by atoms with Gasteiger partial charge in [0, 0.05) is 11.1 Å². The molecular weight excluding hydrogens is 312 g/mol. The minimum absolute atomic E-state index is 0.234. The zero-order valence-electron chi connectivity index (χ0n) is 14.5. The summed E-state index contributed by atoms with van der Waals surface area (Å²) in [5, 5.41) is 8.65. The Morgan fingerprint density at radius 1 is 1.04 bits per heavy atom. The van der Waals surface area contributed by atoms with E-state index in [1.165, 1.54) is 0 Å². The Morgan fingerprint density at radius 2 is 1.72 bits per heavy atom. The van der Waals surface area contributed by atoms with Crippen molar-refractivity contribution in [3.63, 3.8) is 0 Å². The summed E-state index contributed by atoms with van der Waals surface area (Å²) in [6, 6.07) is 17.3. The first-order valence-corrected chi connectivity index (χ1v) is 8.08. The normalized spacial score (nSPS) is 11.0. The van der Waals surface area contributed by atoms with Crippen molar-refractivity contribution in [1.29, 1.82) is 0 Å². The number of aromatic nitrogens is 2. The maximum Gasteiger partial charge on any atom is 0.271 e. The molecule has 1 aromatic heterocycles. The number of rotatable bonds is 4. The summed E-state index contributed by atoms with van der Waals surface area (Å²) in [5.41, 5.74) is 7.97. The highest BCUT2D eigenvalue weighted by atomic mass is 16.2. The van der Waals surface area contributed by atoms with Gasteiger partial charge in [-0.2, -0.15) is 10.2 Å². The Hall–Kier alpha value is -3.21. The molecule has 0 aliphatic heterocycles. The van der Waals surface area contributed by atoms with Gasteiger partial charge in [-0.25, -0.2) is 10.1 Å². The number of benzene rings is 2. The minimum Gasteiger partial charge on any atom is -0.267 e. The number of hydrogen-bond donors (Lipinski definition) is 1. The molecule has 1 amide bonds. The summed E-state index contributed by atoms with van der Waals surface area (Å²) in [6.07, 6.45) is 1.64. The molecule has 2 aromatic carbocycles. The number of hydrogen-bond acceptors (Lipinski definition) is 3. The van der Waals surface area contributed by atoms with Crippen LogP contribution in [0, 0.1) is 20.8 Å². The second-order valence-electron chi connectivity index (χ2n) is 5.90. The average Bonchev–Trinajstić information content (AvgIpc) is 2.91. The number of hydrazone groups is 1. The van der Waals surface area contributed by atoms with Crippen LogP contribution in [-0.2, 0) is 0 Å². The minimum atomic E-state index is -0.234. The molecule has 0 bridgehead atoms. The Labute approximate surface area is 147 Å². The van der Waals surface area contributed by atoms with Gasteiger partial charge in [-0.1, -0.05) is 35.9 Å². The second-order valence-corrected chi connectivity index (χ2v) is 5.90. The number of carbonyl (C=O) groups excluding carboxylic acids is 1. The lowest BCUT2D eigenvalue weighted by Gasteiger charge is -2.03. The molecule has 25 heavy (non-hydrogen) atoms. The smallest absolute Gasteiger partial charge is 0.267 e. The van der Waals surface area contributed by atoms with Crippen LogP contribution in [0.15, 0.2) is 59.7 Å². The fourth-order valence-electron chi connectivity index (χ4n) is 2.59. The van der Waals surface area contributed by atoms with Crippen molar-refractivity contribution < 1.29 is 4.79 Å². The molecule has 3 aromatic rings. The predicted molar refractivity (Wildman–Crippen MR) is 99.3 cm³/mol. The van der Waals surface area contributed by atoms with Crippen molar-refractivity contribution in [2.75, 3.05) is 0 Å². The van der Waals surface area contributed by atoms with E-state index in [0.717, 1.165) is 28.2 Å². The van der Waals surface area contributed by atoms with Crippen molar-refractivity contribution in [3.05, 3.63) is 82.7 Å². The fraction of sp³-hybridized carbons (Fsp3) is 0.150. The summed E-state index contributed by atoms with van der Waals surface area (Å²) in [4.78, 5) is 12.1. The van der Waals surface area contributed by atoms with E-state index in [0.29, 0.717) is 5.56 Å². The molecule has 5 nitrogen and oxygen atoms in total. The average molecular weight is 332 g/mol. The van der Waals surface area contributed by atoms with Crippen molar-refractivity contribution in [2.45, 2.75) is 20.8 Å². The zero-order valence-corrected chi connectivity index (χ0v) is 14.5. The first-order valence-electron chi connectivity index (χ1n) is 8.08. The van der Waals surface area contributed by atoms with E-state index in [2.05, 4.69) is 15.6 Å². The molecule has 0 unspecified atom stereocenters. The summed E-state index contributed by atoms with van der Waals surface area (Å²) in [7, 11) is 0. The highest BCUT2D eigenvalue weighted by molar-refractivity contribution is 5.95. The van der Waals surface area contributed by atoms with Crippen LogP contribution >= 0.6 is 0 Å². The lowest BCUT2D eigenvalue weighted by Crippen LogP contribution is -2.17. The lowest BCUT2D eigenvalue weighted by molar-refractivity contribution is 0.0955. The van der Waals surface area contributed by atoms with Crippen LogP contribution in [0.1, 0.15) is 32.9 Å². The Bertz CT molecular complexity index is 909. The maximum atomic E-state index is 12.1. The van der Waals surface area contributed by atoms with Gasteiger partial charge in [0.25, 0.3) is 5.91 Å². The highest BCUT2D eigenvalue weighted by Crippen LogP contribution is 2.16. The third kappa shape index (κ3) is 3.66. The van der Waals surface area contributed by atoms with E-state index in [4.69, 9.17) is 0 Å². The Balaban J connectivity index is 1.77. The van der Waals surface area contributed by atoms with E-state index in [9.17, 15) is 4.79 Å². The van der Waals surface area contributed by atoms with Crippen LogP contribution in [0.3, 0.4) is 0 Å². The van der Waals surface area contributed by atoms with Gasteiger partial charge in [0.1, 0.15) is 0 Å². The van der Waals surface area contributed by atoms with Crippen LogP contribution in [0.5, 0.6) is 0 Å². The number of para-hydroxylation sites is 1. The van der Waals surface area contributed by atoms with Gasteiger partial charge < -0.3 is 0 Å². The van der Waals surface area contributed by atoms with Gasteiger partial charge in [0.15, 0.2) is 0 Å². The third-order valence-electron chi connectivity index (χ3n) is 4.02. The quantitative estimate of drug-likeness (QED) is 0.586. The first-order chi connectivity index (χ1) is 12.1. The summed E-state index contributed by atoms with van der Waals surface area (Å²) in [6.45, 7) is 5.89. The van der Waals surface area contributed by atoms with Gasteiger partial charge >= 0.3 is 0 Å². The van der Waals surface area contributed by atoms with Gasteiger partial charge in [-0.3, -0.25) is 4.79 Å². The van der Waals surface area contributed by atoms with Crippen LogP contribution in [0.2, 0.25) is 0 Å². The molecule has 1 heterocycles. The standard InChI is InChI=1S/C20H20N4O/c1-14-9-11-17(12-10-14)20(25)22-21-13-19-15(2)23-24(16(19)3)18-7-5-4-6-8-18/h4-13H,1-3H3,(H,22,25)/b21-13+. The lowest BCUT2D eigenvalue weighted by atomic mass is 10.1. The maximum absolute atomic E-state index is 12.1. The molecule has 0 atom stereocenters. The number of aryl methyl sites for hydroxylation is 2. The summed E-state index contributed by atoms with van der Waals surface area (Å²) >= 11 is 0. The molecule has 0 radical (unpaired) electrons. The predicted octanol–water partition coefficient (Wildman–Crippen LogP) is 3.56. The van der Waals surface area contributed by atoms with Crippen LogP contribution in [0.4, 0.5) is 0 Å². The molecule has 0 aliphatic carbocycles. The molecule has 0 spiro atoms. The van der Waals surface area contributed by atoms with E-state index in [-0.39, 0.29) is 5.91 Å². The van der Waals surface area contributed by atoms with E-state index < -0.39 is 0 Å². The van der Waals surface area contributed by atoms with Gasteiger partial charge in [0.2, 0.25) is 0 Å². The number of nitrogens with one attached hydrogen (secondary N) is 1. The fourth-order valence-corrected chi connectivity index (χ4v) is 2.59. The molecule has 0 saturated heterocycles. The van der Waals surface area contributed by atoms with Crippen LogP contribution in [0.25, 0.3) is 5.69 Å². The third-order valence-corrected chi connectivity index (χ3v) is 4.02. The number of nitrogens with zero attached hydrogens (tertiary/aromatic N) is 3. The molecule has 5 heteroatoms. The van der Waals surface area contributed by atoms with Crippen molar-refractivity contribution in [1.82, 2.24) is 15.2 Å². The summed E-state index contributed by atoms with van der Waals surface area (Å²) in [5.74, 6) is -0.234. The highest BCUT2D eigenvalue weighted by Gasteiger charge is 2.11. The Kier molecular flexibility index (Phi) is 4.75. The number of carbonyl (C=O) groups is 1. The molecule has 3 rings (SSSR count). The van der Waals surface area contributed by atoms with E-state index in [1.807, 2.05) is 67.9 Å². The topological polar surface area (TPSA) is 59.3 Å².